The van der Waals surface area contributed by atoms with Gasteiger partial charge in [-0.15, -0.1) is 0 Å². The molecule has 0 radical (unpaired) electrons. The predicted molar refractivity (Wildman–Crippen MR) is 79.5 cm³/mol. The highest BCUT2D eigenvalue weighted by molar-refractivity contribution is 5.96. The molecule has 0 saturated carbocycles. The van der Waals surface area contributed by atoms with Crippen molar-refractivity contribution in [2.75, 3.05) is 23.3 Å². The second kappa shape index (κ2) is 6.52. The first-order valence-corrected chi connectivity index (χ1v) is 7.07. The molecule has 0 aliphatic carbocycles. The highest BCUT2D eigenvalue weighted by Gasteiger charge is 2.21. The molecule has 0 spiro atoms. The molecule has 1 atom stereocenters. The number of hydrogen-bond acceptors (Lipinski definition) is 3. The Morgan fingerprint density at radius 3 is 2.60 bits per heavy atom. The third-order valence-electron chi connectivity index (χ3n) is 3.67. The van der Waals surface area contributed by atoms with Crippen molar-refractivity contribution in [3.63, 3.8) is 0 Å². The van der Waals surface area contributed by atoms with Crippen LogP contribution in [0.3, 0.4) is 0 Å². The summed E-state index contributed by atoms with van der Waals surface area (Å²) in [6.07, 6.45) is 2.25. The normalized spacial score (nSPS) is 16.3. The lowest BCUT2D eigenvalue weighted by atomic mass is 10.1. The zero-order valence-corrected chi connectivity index (χ0v) is 11.8. The summed E-state index contributed by atoms with van der Waals surface area (Å²) in [4.78, 5) is 25.3. The van der Waals surface area contributed by atoms with Crippen LogP contribution in [0.15, 0.2) is 24.3 Å². The van der Waals surface area contributed by atoms with Crippen LogP contribution in [0.2, 0.25) is 0 Å². The molecule has 1 unspecified atom stereocenters. The average Bonchev–Trinajstić information content (AvgIpc) is 2.87. The van der Waals surface area contributed by atoms with E-state index in [4.69, 9.17) is 5.73 Å². The fraction of sp³-hybridized carbons (Fsp3) is 0.467. The summed E-state index contributed by atoms with van der Waals surface area (Å²) in [5.74, 6) is -0.0502. The Kier molecular flexibility index (Phi) is 4.74. The van der Waals surface area contributed by atoms with E-state index in [0.29, 0.717) is 13.0 Å². The van der Waals surface area contributed by atoms with Gasteiger partial charge in [-0.05, 0) is 37.1 Å². The summed E-state index contributed by atoms with van der Waals surface area (Å²) in [6, 6.07) is 7.37. The minimum Gasteiger partial charge on any atom is -0.330 e. The Balaban J connectivity index is 2.01. The fourth-order valence-electron chi connectivity index (χ4n) is 2.35. The molecule has 3 N–H and O–H groups in total. The summed E-state index contributed by atoms with van der Waals surface area (Å²) >= 11 is 0. The van der Waals surface area contributed by atoms with Crippen LogP contribution in [-0.2, 0) is 9.59 Å². The van der Waals surface area contributed by atoms with E-state index in [1.54, 1.807) is 4.90 Å². The molecule has 1 aromatic carbocycles. The number of nitrogens with one attached hydrogen (secondary N) is 1. The molecular formula is C15H21N3O2. The van der Waals surface area contributed by atoms with E-state index in [1.807, 2.05) is 31.2 Å². The Labute approximate surface area is 119 Å². The van der Waals surface area contributed by atoms with Gasteiger partial charge in [-0.2, -0.15) is 0 Å². The molecule has 2 rings (SSSR count). The third-order valence-corrected chi connectivity index (χ3v) is 3.67. The van der Waals surface area contributed by atoms with Gasteiger partial charge in [-0.25, -0.2) is 0 Å². The van der Waals surface area contributed by atoms with Gasteiger partial charge >= 0.3 is 0 Å². The van der Waals surface area contributed by atoms with Crippen molar-refractivity contribution in [3.8, 4) is 0 Å². The van der Waals surface area contributed by atoms with E-state index >= 15 is 0 Å². The third kappa shape index (κ3) is 3.17. The highest BCUT2D eigenvalue weighted by Crippen LogP contribution is 2.23. The zero-order valence-electron chi connectivity index (χ0n) is 11.8. The van der Waals surface area contributed by atoms with Gasteiger partial charge in [0.15, 0.2) is 0 Å². The number of carbonyl (C=O) groups is 2. The van der Waals surface area contributed by atoms with Gasteiger partial charge in [-0.3, -0.25) is 9.59 Å². The molecule has 20 heavy (non-hydrogen) atoms. The average molecular weight is 275 g/mol. The van der Waals surface area contributed by atoms with Gasteiger partial charge in [0.2, 0.25) is 11.8 Å². The van der Waals surface area contributed by atoms with Crippen LogP contribution >= 0.6 is 0 Å². The number of anilines is 2. The Bertz CT molecular complexity index is 480. The second-order valence-corrected chi connectivity index (χ2v) is 5.03. The van der Waals surface area contributed by atoms with Crippen molar-refractivity contribution in [1.29, 1.82) is 0 Å². The lowest BCUT2D eigenvalue weighted by molar-refractivity contribution is -0.119. The van der Waals surface area contributed by atoms with Gasteiger partial charge in [0.1, 0.15) is 0 Å². The Morgan fingerprint density at radius 2 is 2.10 bits per heavy atom. The molecule has 0 aromatic heterocycles. The van der Waals surface area contributed by atoms with Gasteiger partial charge < -0.3 is 16.0 Å². The van der Waals surface area contributed by atoms with Crippen LogP contribution in [0.25, 0.3) is 0 Å². The van der Waals surface area contributed by atoms with E-state index in [0.717, 1.165) is 30.8 Å². The van der Waals surface area contributed by atoms with Crippen molar-refractivity contribution >= 4 is 23.2 Å². The number of carbonyl (C=O) groups excluding carboxylic acids is 2. The standard InChI is InChI=1S/C15H21N3O2/c1-2-11(10-16)15(20)17-12-5-7-13(8-6-12)18-9-3-4-14(18)19/h5-8,11H,2-4,9-10,16H2,1H3,(H,17,20). The maximum Gasteiger partial charge on any atom is 0.228 e. The molecule has 5 nitrogen and oxygen atoms in total. The molecule has 1 fully saturated rings. The van der Waals surface area contributed by atoms with Crippen LogP contribution in [0, 0.1) is 5.92 Å². The second-order valence-electron chi connectivity index (χ2n) is 5.03. The van der Waals surface area contributed by atoms with E-state index in [2.05, 4.69) is 5.32 Å². The summed E-state index contributed by atoms with van der Waals surface area (Å²) in [7, 11) is 0. The van der Waals surface area contributed by atoms with Crippen molar-refractivity contribution in [1.82, 2.24) is 0 Å². The van der Waals surface area contributed by atoms with E-state index in [9.17, 15) is 9.59 Å². The monoisotopic (exact) mass is 275 g/mol. The van der Waals surface area contributed by atoms with Crippen molar-refractivity contribution in [2.45, 2.75) is 26.2 Å². The molecule has 1 saturated heterocycles. The molecule has 2 amide bonds. The Morgan fingerprint density at radius 1 is 1.40 bits per heavy atom. The van der Waals surface area contributed by atoms with Crippen molar-refractivity contribution in [3.05, 3.63) is 24.3 Å². The van der Waals surface area contributed by atoms with E-state index < -0.39 is 0 Å². The summed E-state index contributed by atoms with van der Waals surface area (Å²) in [6.45, 7) is 3.07. The molecular weight excluding hydrogens is 254 g/mol. The van der Waals surface area contributed by atoms with Gasteiger partial charge in [0, 0.05) is 30.9 Å². The van der Waals surface area contributed by atoms with Crippen molar-refractivity contribution in [2.24, 2.45) is 11.7 Å². The SMILES string of the molecule is CCC(CN)C(=O)Nc1ccc(N2CCCC2=O)cc1. The largest absolute Gasteiger partial charge is 0.330 e. The number of amides is 2. The maximum atomic E-state index is 11.9. The van der Waals surface area contributed by atoms with E-state index in [-0.39, 0.29) is 17.7 Å². The first kappa shape index (κ1) is 14.5. The van der Waals surface area contributed by atoms with Crippen LogP contribution in [0.4, 0.5) is 11.4 Å². The molecule has 1 aliphatic rings. The molecule has 1 aliphatic heterocycles. The number of nitrogens with two attached hydrogens (primary N) is 1. The maximum absolute atomic E-state index is 11.9. The lowest BCUT2D eigenvalue weighted by Crippen LogP contribution is -2.28. The quantitative estimate of drug-likeness (QED) is 0.859. The summed E-state index contributed by atoms with van der Waals surface area (Å²) in [5, 5.41) is 2.85. The van der Waals surface area contributed by atoms with Crippen molar-refractivity contribution < 1.29 is 9.59 Å². The molecule has 108 valence electrons. The summed E-state index contributed by atoms with van der Waals surface area (Å²) in [5.41, 5.74) is 7.17. The first-order chi connectivity index (χ1) is 9.65. The number of benzene rings is 1. The first-order valence-electron chi connectivity index (χ1n) is 7.07. The van der Waals surface area contributed by atoms with Crippen LogP contribution in [0.1, 0.15) is 26.2 Å². The Hall–Kier alpha value is -1.88. The smallest absolute Gasteiger partial charge is 0.228 e. The van der Waals surface area contributed by atoms with Gasteiger partial charge in [-0.1, -0.05) is 6.92 Å². The van der Waals surface area contributed by atoms with E-state index in [1.165, 1.54) is 0 Å². The lowest BCUT2D eigenvalue weighted by Gasteiger charge is -2.17. The topological polar surface area (TPSA) is 75.4 Å². The number of nitrogens with zero attached hydrogens (tertiary/aromatic N) is 1. The van der Waals surface area contributed by atoms with Gasteiger partial charge in [0.25, 0.3) is 0 Å². The molecule has 5 heteroatoms. The highest BCUT2D eigenvalue weighted by atomic mass is 16.2. The minimum absolute atomic E-state index is 0.0556. The van der Waals surface area contributed by atoms with Crippen LogP contribution in [0.5, 0.6) is 0 Å². The number of rotatable bonds is 5. The van der Waals surface area contributed by atoms with Crippen LogP contribution < -0.4 is 16.0 Å². The molecule has 0 bridgehead atoms. The minimum atomic E-state index is -0.158. The molecule has 1 aromatic rings. The summed E-state index contributed by atoms with van der Waals surface area (Å²) < 4.78 is 0. The molecule has 1 heterocycles. The van der Waals surface area contributed by atoms with Gasteiger partial charge in [0.05, 0.1) is 5.92 Å². The predicted octanol–water partition coefficient (Wildman–Crippen LogP) is 1.74. The fourth-order valence-corrected chi connectivity index (χ4v) is 2.35. The zero-order chi connectivity index (χ0) is 14.5. The van der Waals surface area contributed by atoms with Crippen LogP contribution in [-0.4, -0.2) is 24.9 Å². The number of hydrogen-bond donors (Lipinski definition) is 2.